The first-order valence-corrected chi connectivity index (χ1v) is 4.54. The first-order chi connectivity index (χ1) is 5.72. The van der Waals surface area contributed by atoms with Crippen LogP contribution in [0.2, 0.25) is 0 Å². The molecule has 0 aliphatic rings. The maximum Gasteiger partial charge on any atom is 0.308 e. The zero-order valence-corrected chi connectivity index (χ0v) is 8.17. The number of alkyl halides is 1. The SMILES string of the molecule is CC(=O)Oc1ccc(CBr)nc1. The lowest BCUT2D eigenvalue weighted by molar-refractivity contribution is -0.131. The average molecular weight is 230 g/mol. The molecule has 3 nitrogen and oxygen atoms in total. The van der Waals surface area contributed by atoms with Gasteiger partial charge in [0.05, 0.1) is 11.9 Å². The molecule has 1 aromatic heterocycles. The Morgan fingerprint density at radius 1 is 1.67 bits per heavy atom. The molecule has 0 bridgehead atoms. The zero-order chi connectivity index (χ0) is 8.97. The number of carbonyl (C=O) groups is 1. The summed E-state index contributed by atoms with van der Waals surface area (Å²) in [4.78, 5) is 14.5. The highest BCUT2D eigenvalue weighted by Crippen LogP contribution is 2.10. The fourth-order valence-corrected chi connectivity index (χ4v) is 1.05. The Bertz CT molecular complexity index is 271. The predicted molar refractivity (Wildman–Crippen MR) is 48.2 cm³/mol. The van der Waals surface area contributed by atoms with Gasteiger partial charge in [0.1, 0.15) is 5.75 Å². The van der Waals surface area contributed by atoms with Crippen LogP contribution >= 0.6 is 15.9 Å². The number of carbonyl (C=O) groups excluding carboxylic acids is 1. The maximum absolute atomic E-state index is 10.5. The normalized spacial score (nSPS) is 9.50. The topological polar surface area (TPSA) is 39.2 Å². The van der Waals surface area contributed by atoms with Gasteiger partial charge in [-0.1, -0.05) is 15.9 Å². The van der Waals surface area contributed by atoms with E-state index in [1.165, 1.54) is 13.1 Å². The Morgan fingerprint density at radius 2 is 2.42 bits per heavy atom. The predicted octanol–water partition coefficient (Wildman–Crippen LogP) is 1.90. The number of aromatic nitrogens is 1. The number of hydrogen-bond donors (Lipinski definition) is 0. The number of nitrogens with zero attached hydrogens (tertiary/aromatic N) is 1. The van der Waals surface area contributed by atoms with Crippen LogP contribution < -0.4 is 4.74 Å². The third-order valence-electron chi connectivity index (χ3n) is 1.20. The number of ether oxygens (including phenoxy) is 1. The van der Waals surface area contributed by atoms with E-state index in [2.05, 4.69) is 20.9 Å². The van der Waals surface area contributed by atoms with E-state index in [-0.39, 0.29) is 5.97 Å². The summed E-state index contributed by atoms with van der Waals surface area (Å²) >= 11 is 3.26. The highest BCUT2D eigenvalue weighted by Gasteiger charge is 1.97. The van der Waals surface area contributed by atoms with Crippen molar-refractivity contribution in [2.24, 2.45) is 0 Å². The molecule has 4 heteroatoms. The monoisotopic (exact) mass is 229 g/mol. The van der Waals surface area contributed by atoms with Crippen LogP contribution in [-0.4, -0.2) is 11.0 Å². The zero-order valence-electron chi connectivity index (χ0n) is 6.58. The summed E-state index contributed by atoms with van der Waals surface area (Å²) in [7, 11) is 0. The van der Waals surface area contributed by atoms with Gasteiger partial charge < -0.3 is 4.74 Å². The Morgan fingerprint density at radius 3 is 2.83 bits per heavy atom. The van der Waals surface area contributed by atoms with Crippen molar-refractivity contribution in [1.82, 2.24) is 4.98 Å². The molecular weight excluding hydrogens is 222 g/mol. The van der Waals surface area contributed by atoms with Gasteiger partial charge in [-0.2, -0.15) is 0 Å². The van der Waals surface area contributed by atoms with Crippen molar-refractivity contribution in [2.75, 3.05) is 0 Å². The second-order valence-corrected chi connectivity index (χ2v) is 2.77. The Kier molecular flexibility index (Phi) is 3.22. The largest absolute Gasteiger partial charge is 0.425 e. The number of halogens is 1. The van der Waals surface area contributed by atoms with E-state index in [4.69, 9.17) is 4.74 Å². The third-order valence-corrected chi connectivity index (χ3v) is 1.77. The fraction of sp³-hybridized carbons (Fsp3) is 0.250. The lowest BCUT2D eigenvalue weighted by atomic mass is 10.4. The van der Waals surface area contributed by atoms with Crippen molar-refractivity contribution < 1.29 is 9.53 Å². The van der Waals surface area contributed by atoms with Crippen LogP contribution in [0, 0.1) is 0 Å². The number of pyridine rings is 1. The lowest BCUT2D eigenvalue weighted by Gasteiger charge is -1.99. The molecule has 0 amide bonds. The average Bonchev–Trinajstić information content (AvgIpc) is 2.05. The molecule has 0 unspecified atom stereocenters. The summed E-state index contributed by atoms with van der Waals surface area (Å²) in [6.07, 6.45) is 1.53. The van der Waals surface area contributed by atoms with E-state index in [9.17, 15) is 4.79 Å². The van der Waals surface area contributed by atoms with Crippen molar-refractivity contribution in [3.8, 4) is 5.75 Å². The minimum atomic E-state index is -0.330. The Labute approximate surface area is 78.9 Å². The molecule has 1 heterocycles. The fourth-order valence-electron chi connectivity index (χ4n) is 0.716. The third kappa shape index (κ3) is 2.62. The smallest absolute Gasteiger partial charge is 0.308 e. The van der Waals surface area contributed by atoms with Crippen molar-refractivity contribution in [1.29, 1.82) is 0 Å². The van der Waals surface area contributed by atoms with Crippen LogP contribution in [0.3, 0.4) is 0 Å². The van der Waals surface area contributed by atoms with Crippen LogP contribution in [0.15, 0.2) is 18.3 Å². The molecule has 0 aliphatic heterocycles. The van der Waals surface area contributed by atoms with E-state index >= 15 is 0 Å². The van der Waals surface area contributed by atoms with Crippen LogP contribution in [0.5, 0.6) is 5.75 Å². The van der Waals surface area contributed by atoms with Crippen LogP contribution in [0.4, 0.5) is 0 Å². The van der Waals surface area contributed by atoms with Crippen molar-refractivity contribution in [3.63, 3.8) is 0 Å². The molecular formula is C8H8BrNO2. The number of rotatable bonds is 2. The van der Waals surface area contributed by atoms with Gasteiger partial charge >= 0.3 is 5.97 Å². The van der Waals surface area contributed by atoms with E-state index in [0.717, 1.165) is 5.69 Å². The molecule has 12 heavy (non-hydrogen) atoms. The molecule has 1 aromatic rings. The van der Waals surface area contributed by atoms with Crippen molar-refractivity contribution in [2.45, 2.75) is 12.3 Å². The molecule has 0 fully saturated rings. The first-order valence-electron chi connectivity index (χ1n) is 3.41. The number of hydrogen-bond acceptors (Lipinski definition) is 3. The van der Waals surface area contributed by atoms with Gasteiger partial charge in [0.2, 0.25) is 0 Å². The van der Waals surface area contributed by atoms with Crippen LogP contribution in [0.1, 0.15) is 12.6 Å². The summed E-state index contributed by atoms with van der Waals surface area (Å²) in [6.45, 7) is 1.36. The summed E-state index contributed by atoms with van der Waals surface area (Å²) in [6, 6.07) is 3.51. The summed E-state index contributed by atoms with van der Waals surface area (Å²) < 4.78 is 4.80. The van der Waals surface area contributed by atoms with Gasteiger partial charge in [-0.25, -0.2) is 0 Å². The van der Waals surface area contributed by atoms with Gasteiger partial charge in [0, 0.05) is 12.3 Å². The molecule has 0 aliphatic carbocycles. The van der Waals surface area contributed by atoms with E-state index in [1.807, 2.05) is 0 Å². The standard InChI is InChI=1S/C8H8BrNO2/c1-6(11)12-8-3-2-7(4-9)10-5-8/h2-3,5H,4H2,1H3. The second kappa shape index (κ2) is 4.21. The molecule has 1 rings (SSSR count). The molecule has 0 saturated heterocycles. The first kappa shape index (κ1) is 9.19. The lowest BCUT2D eigenvalue weighted by Crippen LogP contribution is -2.01. The maximum atomic E-state index is 10.5. The summed E-state index contributed by atoms with van der Waals surface area (Å²) in [5, 5.41) is 0.702. The Hall–Kier alpha value is -0.900. The van der Waals surface area contributed by atoms with E-state index in [0.29, 0.717) is 11.1 Å². The van der Waals surface area contributed by atoms with Gasteiger partial charge in [-0.3, -0.25) is 9.78 Å². The molecule has 0 aromatic carbocycles. The van der Waals surface area contributed by atoms with E-state index in [1.54, 1.807) is 12.1 Å². The van der Waals surface area contributed by atoms with E-state index < -0.39 is 0 Å². The molecule has 0 atom stereocenters. The molecule has 64 valence electrons. The number of esters is 1. The summed E-state index contributed by atoms with van der Waals surface area (Å²) in [5.41, 5.74) is 0.908. The van der Waals surface area contributed by atoms with Crippen LogP contribution in [-0.2, 0) is 10.1 Å². The van der Waals surface area contributed by atoms with Crippen molar-refractivity contribution >= 4 is 21.9 Å². The van der Waals surface area contributed by atoms with Gasteiger partial charge in [-0.05, 0) is 12.1 Å². The highest BCUT2D eigenvalue weighted by molar-refractivity contribution is 9.08. The quantitative estimate of drug-likeness (QED) is 0.575. The minimum Gasteiger partial charge on any atom is -0.425 e. The van der Waals surface area contributed by atoms with Gasteiger partial charge in [0.15, 0.2) is 0 Å². The molecule has 0 saturated carbocycles. The second-order valence-electron chi connectivity index (χ2n) is 2.21. The molecule has 0 N–H and O–H groups in total. The molecule has 0 radical (unpaired) electrons. The van der Waals surface area contributed by atoms with Crippen molar-refractivity contribution in [3.05, 3.63) is 24.0 Å². The minimum absolute atomic E-state index is 0.330. The van der Waals surface area contributed by atoms with Crippen LogP contribution in [0.25, 0.3) is 0 Å². The molecule has 0 spiro atoms. The highest BCUT2D eigenvalue weighted by atomic mass is 79.9. The Balaban J connectivity index is 2.71. The summed E-state index contributed by atoms with van der Waals surface area (Å²) in [5.74, 6) is 0.149. The van der Waals surface area contributed by atoms with Gasteiger partial charge in [0.25, 0.3) is 0 Å². The van der Waals surface area contributed by atoms with Gasteiger partial charge in [-0.15, -0.1) is 0 Å².